The van der Waals surface area contributed by atoms with Crippen LogP contribution in [-0.4, -0.2) is 60.6 Å². The van der Waals surface area contributed by atoms with Crippen molar-refractivity contribution < 1.29 is 27.5 Å². The number of halogens is 4. The molecule has 0 fully saturated rings. The largest absolute Gasteiger partial charge is 0.469 e. The number of likely N-dealkylation sites (N-methyl/N-ethyl adjacent to an activating group) is 1. The molecule has 12 heteroatoms. The number of nitrogens with zero attached hydrogens (tertiary/aromatic N) is 3. The van der Waals surface area contributed by atoms with Gasteiger partial charge in [0.05, 0.1) is 19.1 Å². The van der Waals surface area contributed by atoms with Gasteiger partial charge < -0.3 is 19.5 Å². The van der Waals surface area contributed by atoms with E-state index in [4.69, 9.17) is 17.0 Å². The average Bonchev–Trinajstić information content (AvgIpc) is 2.94. The van der Waals surface area contributed by atoms with Gasteiger partial charge in [-0.15, -0.1) is 0 Å². The minimum absolute atomic E-state index is 0.0177. The minimum Gasteiger partial charge on any atom is -0.469 e. The first-order valence-corrected chi connectivity index (χ1v) is 15.0. The second kappa shape index (κ2) is 17.1. The standard InChI is InChI=1S/C20H31F3N4O3.C13H12ClN/c1-13(2)10-16(19(29)25-8-6-18(28)30-5)27-12-14(7-9-26(3)4)15(11-17(27)24)20(21,22)23;1-9-4-3-5-10(2)13(9)11-6-7-15-12(14)8-11/h11-13,16,24H,6-10H2,1-5H3,(H,25,29);3-8H,1-2H3. The Balaban J connectivity index is 0.000000388. The van der Waals surface area contributed by atoms with E-state index < -0.39 is 35.1 Å². The summed E-state index contributed by atoms with van der Waals surface area (Å²) in [6, 6.07) is 10.1. The SMILES string of the molecule is COC(=O)CCNC(=O)C(CC(C)C)n1cc(CCN(C)C)c(C(F)(F)F)cc1=N.Cc1cccc(C)c1-c1ccnc(Cl)c1. The lowest BCUT2D eigenvalue weighted by Crippen LogP contribution is -2.39. The number of hydrogen-bond acceptors (Lipinski definition) is 6. The molecule has 1 unspecified atom stereocenters. The zero-order chi connectivity index (χ0) is 33.9. The third kappa shape index (κ3) is 11.6. The van der Waals surface area contributed by atoms with Gasteiger partial charge in [0, 0.05) is 25.5 Å². The van der Waals surface area contributed by atoms with Crippen LogP contribution in [0.25, 0.3) is 11.1 Å². The van der Waals surface area contributed by atoms with Gasteiger partial charge in [0.2, 0.25) is 5.91 Å². The van der Waals surface area contributed by atoms with Gasteiger partial charge in [-0.2, -0.15) is 13.2 Å². The number of methoxy groups -OCH3 is 1. The highest BCUT2D eigenvalue weighted by molar-refractivity contribution is 6.29. The maximum atomic E-state index is 13.5. The Labute approximate surface area is 268 Å². The topological polar surface area (TPSA) is 100 Å². The molecule has 0 aliphatic carbocycles. The van der Waals surface area contributed by atoms with Gasteiger partial charge in [0.15, 0.2) is 0 Å². The van der Waals surface area contributed by atoms with Crippen molar-refractivity contribution in [2.24, 2.45) is 5.92 Å². The number of ether oxygens (including phenoxy) is 1. The Morgan fingerprint density at radius 3 is 2.31 bits per heavy atom. The summed E-state index contributed by atoms with van der Waals surface area (Å²) in [5, 5.41) is 11.3. The molecular formula is C33H43ClF3N5O3. The quantitative estimate of drug-likeness (QED) is 0.186. The molecular weight excluding hydrogens is 607 g/mol. The molecule has 0 aliphatic rings. The second-order valence-corrected chi connectivity index (χ2v) is 11.8. The maximum Gasteiger partial charge on any atom is 0.416 e. The fourth-order valence-electron chi connectivity index (χ4n) is 4.80. The van der Waals surface area contributed by atoms with Crippen LogP contribution >= 0.6 is 11.6 Å². The van der Waals surface area contributed by atoms with Gasteiger partial charge in [0.1, 0.15) is 16.7 Å². The maximum absolute atomic E-state index is 13.5. The van der Waals surface area contributed by atoms with E-state index in [0.717, 1.165) is 11.6 Å². The lowest BCUT2D eigenvalue weighted by Gasteiger charge is -2.24. The number of nitrogens with one attached hydrogen (secondary N) is 2. The molecule has 0 saturated heterocycles. The fraction of sp³-hybridized carbons (Fsp3) is 0.455. The molecule has 45 heavy (non-hydrogen) atoms. The highest BCUT2D eigenvalue weighted by Gasteiger charge is 2.34. The van der Waals surface area contributed by atoms with Crippen LogP contribution in [0.3, 0.4) is 0 Å². The van der Waals surface area contributed by atoms with Gasteiger partial charge in [-0.3, -0.25) is 15.0 Å². The third-order valence-electron chi connectivity index (χ3n) is 7.02. The monoisotopic (exact) mass is 649 g/mol. The fourth-order valence-corrected chi connectivity index (χ4v) is 4.98. The highest BCUT2D eigenvalue weighted by atomic mass is 35.5. The third-order valence-corrected chi connectivity index (χ3v) is 7.23. The molecule has 246 valence electrons. The van der Waals surface area contributed by atoms with Gasteiger partial charge in [-0.1, -0.05) is 43.6 Å². The van der Waals surface area contributed by atoms with Gasteiger partial charge in [-0.05, 0) is 92.7 Å². The highest BCUT2D eigenvalue weighted by Crippen LogP contribution is 2.32. The minimum atomic E-state index is -4.59. The molecule has 2 aromatic heterocycles. The Bertz CT molecular complexity index is 1490. The van der Waals surface area contributed by atoms with Crippen LogP contribution in [0.15, 0.2) is 48.8 Å². The van der Waals surface area contributed by atoms with Gasteiger partial charge in [0.25, 0.3) is 0 Å². The van der Waals surface area contributed by atoms with Crippen LogP contribution in [0.5, 0.6) is 0 Å². The zero-order valence-corrected chi connectivity index (χ0v) is 27.6. The first kappa shape index (κ1) is 37.5. The van der Waals surface area contributed by atoms with Crippen LogP contribution in [0.1, 0.15) is 55.0 Å². The lowest BCUT2D eigenvalue weighted by molar-refractivity contribution is -0.140. The lowest BCUT2D eigenvalue weighted by atomic mass is 9.97. The summed E-state index contributed by atoms with van der Waals surface area (Å²) in [6.07, 6.45) is -1.15. The number of amides is 1. The number of hydrogen-bond donors (Lipinski definition) is 2. The average molecular weight is 650 g/mol. The predicted molar refractivity (Wildman–Crippen MR) is 170 cm³/mol. The Morgan fingerprint density at radius 2 is 1.78 bits per heavy atom. The van der Waals surface area contributed by atoms with Gasteiger partial charge in [-0.25, -0.2) is 4.98 Å². The summed E-state index contributed by atoms with van der Waals surface area (Å²) in [7, 11) is 4.76. The van der Waals surface area contributed by atoms with Crippen molar-refractivity contribution in [1.29, 1.82) is 5.41 Å². The molecule has 2 N–H and O–H groups in total. The van der Waals surface area contributed by atoms with Crippen molar-refractivity contribution in [1.82, 2.24) is 19.8 Å². The van der Waals surface area contributed by atoms with E-state index in [1.807, 2.05) is 26.0 Å². The van der Waals surface area contributed by atoms with Crippen LogP contribution < -0.4 is 10.8 Å². The molecule has 0 saturated carbocycles. The van der Waals surface area contributed by atoms with E-state index in [1.165, 1.54) is 34.6 Å². The van der Waals surface area contributed by atoms with Crippen molar-refractivity contribution in [2.45, 2.75) is 59.2 Å². The van der Waals surface area contributed by atoms with E-state index >= 15 is 0 Å². The van der Waals surface area contributed by atoms with Crippen LogP contribution in [0, 0.1) is 25.2 Å². The molecule has 3 aromatic rings. The summed E-state index contributed by atoms with van der Waals surface area (Å²) in [5.74, 6) is -0.879. The summed E-state index contributed by atoms with van der Waals surface area (Å²) in [5.41, 5.74) is 3.68. The number of esters is 1. The molecule has 1 atom stereocenters. The molecule has 0 spiro atoms. The number of alkyl halides is 3. The number of benzene rings is 1. The molecule has 8 nitrogen and oxygen atoms in total. The number of aromatic nitrogens is 2. The van der Waals surface area contributed by atoms with E-state index in [1.54, 1.807) is 25.2 Å². The summed E-state index contributed by atoms with van der Waals surface area (Å²) >= 11 is 5.89. The van der Waals surface area contributed by atoms with Gasteiger partial charge >= 0.3 is 12.1 Å². The Hall–Kier alpha value is -3.70. The summed E-state index contributed by atoms with van der Waals surface area (Å²) < 4.78 is 46.3. The molecule has 0 bridgehead atoms. The number of rotatable bonds is 11. The van der Waals surface area contributed by atoms with Crippen molar-refractivity contribution in [3.05, 3.63) is 81.7 Å². The number of carbonyl (C=O) groups excluding carboxylic acids is 2. The molecule has 0 radical (unpaired) electrons. The van der Waals surface area contributed by atoms with Crippen molar-refractivity contribution >= 4 is 23.5 Å². The van der Waals surface area contributed by atoms with Crippen molar-refractivity contribution in [3.63, 3.8) is 0 Å². The molecule has 3 rings (SSSR count). The van der Waals surface area contributed by atoms with Crippen molar-refractivity contribution in [3.8, 4) is 11.1 Å². The molecule has 1 aromatic carbocycles. The van der Waals surface area contributed by atoms with Crippen molar-refractivity contribution in [2.75, 3.05) is 34.3 Å². The first-order chi connectivity index (χ1) is 21.0. The Morgan fingerprint density at radius 1 is 1.13 bits per heavy atom. The summed E-state index contributed by atoms with van der Waals surface area (Å²) in [4.78, 5) is 29.8. The van der Waals surface area contributed by atoms with E-state index in [2.05, 4.69) is 47.1 Å². The normalized spacial score (nSPS) is 12.0. The summed E-state index contributed by atoms with van der Waals surface area (Å²) in [6.45, 7) is 8.42. The number of carbonyl (C=O) groups is 2. The smallest absolute Gasteiger partial charge is 0.416 e. The molecule has 2 heterocycles. The van der Waals surface area contributed by atoms with Crippen LogP contribution in [0.2, 0.25) is 5.15 Å². The first-order valence-electron chi connectivity index (χ1n) is 14.6. The predicted octanol–water partition coefficient (Wildman–Crippen LogP) is 6.38. The molecule has 1 amide bonds. The van der Waals surface area contributed by atoms with Crippen LogP contribution in [0.4, 0.5) is 13.2 Å². The molecule has 0 aliphatic heterocycles. The zero-order valence-electron chi connectivity index (χ0n) is 26.9. The van der Waals surface area contributed by atoms with Crippen LogP contribution in [-0.2, 0) is 26.9 Å². The van der Waals surface area contributed by atoms with E-state index in [-0.39, 0.29) is 30.9 Å². The number of aryl methyl sites for hydroxylation is 2. The van der Waals surface area contributed by atoms with E-state index in [9.17, 15) is 22.8 Å². The van der Waals surface area contributed by atoms with E-state index in [0.29, 0.717) is 18.1 Å². The Kier molecular flexibility index (Phi) is 14.3. The second-order valence-electron chi connectivity index (χ2n) is 11.5. The number of pyridine rings is 2.